The zero-order valence-electron chi connectivity index (χ0n) is 14.7. The maximum absolute atomic E-state index is 11.8. The van der Waals surface area contributed by atoms with Gasteiger partial charge in [0.2, 0.25) is 5.89 Å². The molecule has 6 nitrogen and oxygen atoms in total. The maximum atomic E-state index is 11.8. The average molecular weight is 352 g/mol. The smallest absolute Gasteiger partial charge is 0.412 e. The fourth-order valence-corrected chi connectivity index (χ4v) is 2.43. The molecule has 1 N–H and O–H groups in total. The standard InChI is InChI=1S/C20H20N2O4/c1-14-18(12-13-21-20(23)26-17-6-4-3-5-7-17)22-19(25-14)15-8-10-16(24-2)11-9-15/h3-11H,12-13H2,1-2H3,(H,21,23). The fraction of sp³-hybridized carbons (Fsp3) is 0.200. The molecule has 0 unspecified atom stereocenters. The van der Waals surface area contributed by atoms with Crippen LogP contribution in [0.25, 0.3) is 11.5 Å². The van der Waals surface area contributed by atoms with Gasteiger partial charge in [0.15, 0.2) is 0 Å². The number of aromatic nitrogens is 1. The molecule has 0 saturated heterocycles. The van der Waals surface area contributed by atoms with Crippen LogP contribution in [0.1, 0.15) is 11.5 Å². The summed E-state index contributed by atoms with van der Waals surface area (Å²) >= 11 is 0. The van der Waals surface area contributed by atoms with E-state index in [2.05, 4.69) is 10.3 Å². The molecule has 1 aromatic heterocycles. The lowest BCUT2D eigenvalue weighted by Gasteiger charge is -2.05. The molecular weight excluding hydrogens is 332 g/mol. The summed E-state index contributed by atoms with van der Waals surface area (Å²) in [7, 11) is 1.62. The topological polar surface area (TPSA) is 73.6 Å². The van der Waals surface area contributed by atoms with E-state index in [1.54, 1.807) is 19.2 Å². The summed E-state index contributed by atoms with van der Waals surface area (Å²) in [4.78, 5) is 16.3. The van der Waals surface area contributed by atoms with Crippen molar-refractivity contribution in [2.45, 2.75) is 13.3 Å². The third-order valence-corrected chi connectivity index (χ3v) is 3.81. The second kappa shape index (κ2) is 8.20. The van der Waals surface area contributed by atoms with E-state index in [1.807, 2.05) is 49.4 Å². The largest absolute Gasteiger partial charge is 0.497 e. The van der Waals surface area contributed by atoms with Crippen molar-refractivity contribution in [2.75, 3.05) is 13.7 Å². The van der Waals surface area contributed by atoms with Crippen LogP contribution in [0.5, 0.6) is 11.5 Å². The Morgan fingerprint density at radius 2 is 1.81 bits per heavy atom. The Balaban J connectivity index is 1.55. The van der Waals surface area contributed by atoms with Gasteiger partial charge in [-0.25, -0.2) is 9.78 Å². The van der Waals surface area contributed by atoms with Crippen molar-refractivity contribution in [1.82, 2.24) is 10.3 Å². The number of methoxy groups -OCH3 is 1. The summed E-state index contributed by atoms with van der Waals surface area (Å²) in [5.74, 6) is 2.56. The molecule has 0 bridgehead atoms. The Bertz CT molecular complexity index is 857. The molecule has 2 aromatic carbocycles. The number of hydrogen-bond acceptors (Lipinski definition) is 5. The van der Waals surface area contributed by atoms with Crippen molar-refractivity contribution in [3.63, 3.8) is 0 Å². The van der Waals surface area contributed by atoms with Crippen molar-refractivity contribution in [3.8, 4) is 23.0 Å². The summed E-state index contributed by atoms with van der Waals surface area (Å²) in [6.45, 7) is 2.26. The zero-order chi connectivity index (χ0) is 18.4. The van der Waals surface area contributed by atoms with E-state index in [1.165, 1.54) is 0 Å². The predicted octanol–water partition coefficient (Wildman–Crippen LogP) is 3.99. The molecule has 0 atom stereocenters. The first-order valence-electron chi connectivity index (χ1n) is 8.27. The second-order valence-electron chi connectivity index (χ2n) is 5.63. The molecule has 134 valence electrons. The summed E-state index contributed by atoms with van der Waals surface area (Å²) in [6.07, 6.45) is 0.0581. The monoisotopic (exact) mass is 352 g/mol. The third-order valence-electron chi connectivity index (χ3n) is 3.81. The quantitative estimate of drug-likeness (QED) is 0.726. The molecule has 6 heteroatoms. The number of amides is 1. The van der Waals surface area contributed by atoms with Crippen LogP contribution in [-0.2, 0) is 6.42 Å². The van der Waals surface area contributed by atoms with Crippen LogP contribution in [0.4, 0.5) is 4.79 Å². The van der Waals surface area contributed by atoms with Crippen LogP contribution < -0.4 is 14.8 Å². The number of oxazole rings is 1. The molecule has 0 aliphatic heterocycles. The fourth-order valence-electron chi connectivity index (χ4n) is 2.43. The summed E-state index contributed by atoms with van der Waals surface area (Å²) in [5.41, 5.74) is 1.67. The molecule has 26 heavy (non-hydrogen) atoms. The number of nitrogens with zero attached hydrogens (tertiary/aromatic N) is 1. The number of benzene rings is 2. The molecule has 3 aromatic rings. The van der Waals surface area contributed by atoms with Crippen LogP contribution in [0.2, 0.25) is 0 Å². The normalized spacial score (nSPS) is 10.4. The van der Waals surface area contributed by atoms with Gasteiger partial charge in [0.1, 0.15) is 17.3 Å². The summed E-state index contributed by atoms with van der Waals surface area (Å²) in [6, 6.07) is 16.4. The Hall–Kier alpha value is -3.28. The highest BCUT2D eigenvalue weighted by Gasteiger charge is 2.12. The minimum atomic E-state index is -0.493. The maximum Gasteiger partial charge on any atom is 0.412 e. The molecule has 0 radical (unpaired) electrons. The molecule has 0 saturated carbocycles. The SMILES string of the molecule is COc1ccc(-c2nc(CCNC(=O)Oc3ccccc3)c(C)o2)cc1. The zero-order valence-corrected chi connectivity index (χ0v) is 14.7. The van der Waals surface area contributed by atoms with Gasteiger partial charge in [-0.1, -0.05) is 18.2 Å². The Labute approximate surface area is 151 Å². The number of aryl methyl sites for hydroxylation is 1. The minimum absolute atomic E-state index is 0.404. The highest BCUT2D eigenvalue weighted by molar-refractivity contribution is 5.70. The number of hydrogen-bond donors (Lipinski definition) is 1. The predicted molar refractivity (Wildman–Crippen MR) is 97.4 cm³/mol. The first-order valence-corrected chi connectivity index (χ1v) is 8.27. The van der Waals surface area contributed by atoms with Crippen LogP contribution in [0, 0.1) is 6.92 Å². The van der Waals surface area contributed by atoms with Crippen molar-refractivity contribution < 1.29 is 18.7 Å². The van der Waals surface area contributed by atoms with E-state index in [9.17, 15) is 4.79 Å². The highest BCUT2D eigenvalue weighted by atomic mass is 16.6. The first kappa shape index (κ1) is 17.5. The van der Waals surface area contributed by atoms with Gasteiger partial charge in [-0.15, -0.1) is 0 Å². The van der Waals surface area contributed by atoms with Crippen LogP contribution >= 0.6 is 0 Å². The van der Waals surface area contributed by atoms with E-state index in [0.717, 1.165) is 22.8 Å². The Kier molecular flexibility index (Phi) is 5.53. The van der Waals surface area contributed by atoms with Crippen LogP contribution in [0.15, 0.2) is 59.0 Å². The van der Waals surface area contributed by atoms with Crippen molar-refractivity contribution in [1.29, 1.82) is 0 Å². The Morgan fingerprint density at radius 3 is 2.50 bits per heavy atom. The van der Waals surface area contributed by atoms with Crippen molar-refractivity contribution in [2.24, 2.45) is 0 Å². The van der Waals surface area contributed by atoms with E-state index < -0.39 is 6.09 Å². The lowest BCUT2D eigenvalue weighted by atomic mass is 10.2. The third kappa shape index (κ3) is 4.42. The molecule has 3 rings (SSSR count). The first-order chi connectivity index (χ1) is 12.7. The number of rotatable bonds is 6. The number of carbonyl (C=O) groups is 1. The molecule has 1 heterocycles. The molecule has 0 spiro atoms. The number of carbonyl (C=O) groups excluding carboxylic acids is 1. The molecule has 0 aliphatic rings. The van der Waals surface area contributed by atoms with E-state index in [4.69, 9.17) is 13.9 Å². The summed E-state index contributed by atoms with van der Waals surface area (Å²) in [5, 5.41) is 2.71. The summed E-state index contributed by atoms with van der Waals surface area (Å²) < 4.78 is 16.1. The second-order valence-corrected chi connectivity index (χ2v) is 5.63. The number of para-hydroxylation sites is 1. The Morgan fingerprint density at radius 1 is 1.08 bits per heavy atom. The lowest BCUT2D eigenvalue weighted by Crippen LogP contribution is -2.28. The average Bonchev–Trinajstić information content (AvgIpc) is 3.03. The van der Waals surface area contributed by atoms with Gasteiger partial charge in [-0.05, 0) is 43.3 Å². The highest BCUT2D eigenvalue weighted by Crippen LogP contribution is 2.24. The van der Waals surface area contributed by atoms with E-state index in [-0.39, 0.29) is 0 Å². The molecule has 0 fully saturated rings. The lowest BCUT2D eigenvalue weighted by molar-refractivity contribution is 0.200. The van der Waals surface area contributed by atoms with Gasteiger partial charge in [-0.2, -0.15) is 0 Å². The van der Waals surface area contributed by atoms with E-state index >= 15 is 0 Å². The van der Waals surface area contributed by atoms with Gasteiger partial charge in [0.25, 0.3) is 0 Å². The van der Waals surface area contributed by atoms with E-state index in [0.29, 0.717) is 24.6 Å². The van der Waals surface area contributed by atoms with Crippen LogP contribution in [-0.4, -0.2) is 24.7 Å². The van der Waals surface area contributed by atoms with Crippen molar-refractivity contribution >= 4 is 6.09 Å². The van der Waals surface area contributed by atoms with Crippen molar-refractivity contribution in [3.05, 3.63) is 66.1 Å². The van der Waals surface area contributed by atoms with Gasteiger partial charge in [0.05, 0.1) is 12.8 Å². The molecule has 0 aliphatic carbocycles. The van der Waals surface area contributed by atoms with Gasteiger partial charge >= 0.3 is 6.09 Å². The minimum Gasteiger partial charge on any atom is -0.497 e. The van der Waals surface area contributed by atoms with Gasteiger partial charge < -0.3 is 19.2 Å². The van der Waals surface area contributed by atoms with Crippen LogP contribution in [0.3, 0.4) is 0 Å². The molecular formula is C20H20N2O4. The van der Waals surface area contributed by atoms with Gasteiger partial charge in [0, 0.05) is 18.5 Å². The molecule has 1 amide bonds. The number of nitrogens with one attached hydrogen (secondary N) is 1. The number of ether oxygens (including phenoxy) is 2. The van der Waals surface area contributed by atoms with Gasteiger partial charge in [-0.3, -0.25) is 0 Å².